The van der Waals surface area contributed by atoms with Gasteiger partial charge in [0.2, 0.25) is 0 Å². The Bertz CT molecular complexity index is 253. The van der Waals surface area contributed by atoms with Gasteiger partial charge in [0.25, 0.3) is 0 Å². The van der Waals surface area contributed by atoms with Crippen LogP contribution in [0.25, 0.3) is 0 Å². The van der Waals surface area contributed by atoms with E-state index in [-0.39, 0.29) is 0 Å². The zero-order valence-electron chi connectivity index (χ0n) is 7.27. The topological polar surface area (TPSA) is 9.23 Å². The predicted octanol–water partition coefficient (Wildman–Crippen LogP) is 2.74. The van der Waals surface area contributed by atoms with E-state index in [0.29, 0.717) is 6.42 Å². The van der Waals surface area contributed by atoms with E-state index in [0.717, 1.165) is 30.8 Å². The smallest absolute Gasteiger partial charge is 0.128 e. The lowest BCUT2D eigenvalue weighted by Gasteiger charge is -2.25. The minimum absolute atomic E-state index is 0.456. The van der Waals surface area contributed by atoms with Gasteiger partial charge in [-0.25, -0.2) is 4.39 Å². The molecule has 0 aromatic rings. The van der Waals surface area contributed by atoms with Crippen molar-refractivity contribution in [1.82, 2.24) is 0 Å². The molecule has 0 saturated carbocycles. The van der Waals surface area contributed by atoms with Gasteiger partial charge in [0, 0.05) is 6.42 Å². The second kappa shape index (κ2) is 2.92. The maximum Gasteiger partial charge on any atom is 0.128 e. The summed E-state index contributed by atoms with van der Waals surface area (Å²) in [6.07, 6.45) is 3.71. The summed E-state index contributed by atoms with van der Waals surface area (Å²) in [5.74, 6) is 0.888. The molecule has 0 aromatic heterocycles. The number of hydrogen-bond acceptors (Lipinski definition) is 1. The minimum Gasteiger partial charge on any atom is -0.498 e. The molecule has 1 heterocycles. The van der Waals surface area contributed by atoms with Crippen LogP contribution in [0.3, 0.4) is 0 Å². The normalized spacial score (nSPS) is 29.2. The fourth-order valence-corrected chi connectivity index (χ4v) is 1.72. The standard InChI is InChI=1S/C10H13FO/c1-7-5-8-3-2-4-12-10(8)6-9(7)11/h5,9H,2-4,6H2,1H3/t9-/m1/s1. The SMILES string of the molecule is CC1=CC2=C(C[C@H]1F)OCCC2. The van der Waals surface area contributed by atoms with E-state index in [1.807, 2.05) is 13.0 Å². The van der Waals surface area contributed by atoms with Gasteiger partial charge in [-0.1, -0.05) is 6.08 Å². The maximum atomic E-state index is 13.2. The van der Waals surface area contributed by atoms with E-state index in [1.54, 1.807) is 0 Å². The van der Waals surface area contributed by atoms with Crippen LogP contribution in [-0.2, 0) is 4.74 Å². The molecule has 12 heavy (non-hydrogen) atoms. The first-order valence-corrected chi connectivity index (χ1v) is 4.44. The summed E-state index contributed by atoms with van der Waals surface area (Å²) in [4.78, 5) is 0. The van der Waals surface area contributed by atoms with Gasteiger partial charge in [-0.05, 0) is 30.9 Å². The Kier molecular flexibility index (Phi) is 1.91. The highest BCUT2D eigenvalue weighted by molar-refractivity contribution is 5.33. The van der Waals surface area contributed by atoms with Crippen molar-refractivity contribution in [1.29, 1.82) is 0 Å². The monoisotopic (exact) mass is 168 g/mol. The van der Waals surface area contributed by atoms with E-state index in [1.165, 1.54) is 5.57 Å². The molecule has 2 heteroatoms. The van der Waals surface area contributed by atoms with Crippen molar-refractivity contribution in [3.05, 3.63) is 23.0 Å². The Balaban J connectivity index is 2.26. The molecule has 0 aromatic carbocycles. The summed E-state index contributed by atoms with van der Waals surface area (Å²) < 4.78 is 18.6. The van der Waals surface area contributed by atoms with Crippen LogP contribution in [0.1, 0.15) is 26.2 Å². The summed E-state index contributed by atoms with van der Waals surface area (Å²) in [6.45, 7) is 2.61. The second-order valence-electron chi connectivity index (χ2n) is 3.46. The van der Waals surface area contributed by atoms with Crippen LogP contribution >= 0.6 is 0 Å². The van der Waals surface area contributed by atoms with Crippen molar-refractivity contribution in [2.24, 2.45) is 0 Å². The molecule has 0 N–H and O–H groups in total. The molecule has 0 radical (unpaired) electrons. The Labute approximate surface area is 71.9 Å². The van der Waals surface area contributed by atoms with Crippen LogP contribution in [0.2, 0.25) is 0 Å². The highest BCUT2D eigenvalue weighted by Gasteiger charge is 2.23. The molecule has 1 aliphatic carbocycles. The lowest BCUT2D eigenvalue weighted by atomic mass is 9.93. The quantitative estimate of drug-likeness (QED) is 0.540. The van der Waals surface area contributed by atoms with Gasteiger partial charge >= 0.3 is 0 Å². The molecule has 2 aliphatic rings. The summed E-state index contributed by atoms with van der Waals surface area (Å²) in [6, 6.07) is 0. The van der Waals surface area contributed by atoms with Crippen molar-refractivity contribution < 1.29 is 9.13 Å². The van der Waals surface area contributed by atoms with Crippen LogP contribution in [0.15, 0.2) is 23.0 Å². The van der Waals surface area contributed by atoms with Crippen molar-refractivity contribution in [2.75, 3.05) is 6.61 Å². The second-order valence-corrected chi connectivity index (χ2v) is 3.46. The molecular formula is C10H13FO. The van der Waals surface area contributed by atoms with E-state index in [2.05, 4.69) is 0 Å². The molecule has 1 atom stereocenters. The van der Waals surface area contributed by atoms with Gasteiger partial charge in [-0.2, -0.15) is 0 Å². The first kappa shape index (κ1) is 7.84. The Hall–Kier alpha value is -0.790. The summed E-state index contributed by atoms with van der Waals surface area (Å²) in [5, 5.41) is 0. The Morgan fingerprint density at radius 3 is 3.25 bits per heavy atom. The van der Waals surface area contributed by atoms with E-state index >= 15 is 0 Å². The molecule has 0 amide bonds. The summed E-state index contributed by atoms with van der Waals surface area (Å²) in [5.41, 5.74) is 2.06. The number of allylic oxidation sites excluding steroid dienone is 4. The zero-order valence-corrected chi connectivity index (χ0v) is 7.27. The fourth-order valence-electron chi connectivity index (χ4n) is 1.72. The molecule has 2 rings (SSSR count). The first-order chi connectivity index (χ1) is 5.77. The van der Waals surface area contributed by atoms with Gasteiger partial charge < -0.3 is 4.74 Å². The molecule has 0 spiro atoms. The molecular weight excluding hydrogens is 155 g/mol. The number of halogens is 1. The number of rotatable bonds is 0. The zero-order chi connectivity index (χ0) is 8.55. The largest absolute Gasteiger partial charge is 0.498 e. The lowest BCUT2D eigenvalue weighted by molar-refractivity contribution is 0.162. The molecule has 1 aliphatic heterocycles. The van der Waals surface area contributed by atoms with Crippen molar-refractivity contribution in [2.45, 2.75) is 32.4 Å². The van der Waals surface area contributed by atoms with Crippen molar-refractivity contribution in [3.8, 4) is 0 Å². The molecule has 0 saturated heterocycles. The first-order valence-electron chi connectivity index (χ1n) is 4.44. The van der Waals surface area contributed by atoms with Crippen LogP contribution in [-0.4, -0.2) is 12.8 Å². The third kappa shape index (κ3) is 1.26. The number of alkyl halides is 1. The van der Waals surface area contributed by atoms with Crippen molar-refractivity contribution >= 4 is 0 Å². The Morgan fingerprint density at radius 1 is 1.58 bits per heavy atom. The third-order valence-electron chi connectivity index (χ3n) is 2.49. The highest BCUT2D eigenvalue weighted by Crippen LogP contribution is 2.32. The Morgan fingerprint density at radius 2 is 2.42 bits per heavy atom. The summed E-state index contributed by atoms with van der Waals surface area (Å²) in [7, 11) is 0. The molecule has 1 nitrogen and oxygen atoms in total. The maximum absolute atomic E-state index is 13.2. The predicted molar refractivity (Wildman–Crippen MR) is 45.5 cm³/mol. The number of hydrogen-bond donors (Lipinski definition) is 0. The fraction of sp³-hybridized carbons (Fsp3) is 0.600. The van der Waals surface area contributed by atoms with E-state index in [4.69, 9.17) is 4.74 Å². The third-order valence-corrected chi connectivity index (χ3v) is 2.49. The van der Waals surface area contributed by atoms with Crippen LogP contribution < -0.4 is 0 Å². The van der Waals surface area contributed by atoms with Gasteiger partial charge in [0.1, 0.15) is 11.9 Å². The van der Waals surface area contributed by atoms with Crippen LogP contribution in [0.5, 0.6) is 0 Å². The molecule has 0 unspecified atom stereocenters. The molecule has 0 fully saturated rings. The summed E-state index contributed by atoms with van der Waals surface area (Å²) >= 11 is 0. The van der Waals surface area contributed by atoms with Gasteiger partial charge in [0.05, 0.1) is 6.61 Å². The number of ether oxygens (including phenoxy) is 1. The van der Waals surface area contributed by atoms with Crippen molar-refractivity contribution in [3.63, 3.8) is 0 Å². The molecule has 66 valence electrons. The molecule has 0 bridgehead atoms. The lowest BCUT2D eigenvalue weighted by Crippen LogP contribution is -2.16. The van der Waals surface area contributed by atoms with Crippen LogP contribution in [0, 0.1) is 0 Å². The average Bonchev–Trinajstić information content (AvgIpc) is 2.07. The average molecular weight is 168 g/mol. The van der Waals surface area contributed by atoms with E-state index < -0.39 is 6.17 Å². The van der Waals surface area contributed by atoms with Gasteiger partial charge in [-0.3, -0.25) is 0 Å². The van der Waals surface area contributed by atoms with Gasteiger partial charge in [-0.15, -0.1) is 0 Å². The van der Waals surface area contributed by atoms with Crippen LogP contribution in [0.4, 0.5) is 4.39 Å². The minimum atomic E-state index is -0.818. The van der Waals surface area contributed by atoms with Gasteiger partial charge in [0.15, 0.2) is 0 Å². The van der Waals surface area contributed by atoms with E-state index in [9.17, 15) is 4.39 Å². The highest BCUT2D eigenvalue weighted by atomic mass is 19.1.